The lowest BCUT2D eigenvalue weighted by molar-refractivity contribution is -0.0704. The summed E-state index contributed by atoms with van der Waals surface area (Å²) in [4.78, 5) is 17.8. The number of nitrogens with zero attached hydrogens (tertiary/aromatic N) is 2. The van der Waals surface area contributed by atoms with Gasteiger partial charge in [-0.25, -0.2) is 0 Å². The standard InChI is InChI=1S/C26H34N2O4/c1-18-14-27(15-19(2)32-18)16-20-5-7-21(8-6-20)26(29)28(23-9-10-23)17-22-13-24(30-3)11-12-25(22)31-4/h5-8,11-13,18-19,23H,9-10,14-17H2,1-4H3. The monoisotopic (exact) mass is 438 g/mol. The molecule has 1 aliphatic carbocycles. The van der Waals surface area contributed by atoms with E-state index in [0.717, 1.165) is 55.1 Å². The third-order valence-electron chi connectivity index (χ3n) is 6.18. The summed E-state index contributed by atoms with van der Waals surface area (Å²) in [6.45, 7) is 7.49. The number of carbonyl (C=O) groups excluding carboxylic acids is 1. The number of morpholine rings is 1. The predicted molar refractivity (Wildman–Crippen MR) is 124 cm³/mol. The summed E-state index contributed by atoms with van der Waals surface area (Å²) in [6.07, 6.45) is 2.59. The van der Waals surface area contributed by atoms with Gasteiger partial charge in [-0.3, -0.25) is 9.69 Å². The van der Waals surface area contributed by atoms with Gasteiger partial charge in [0.1, 0.15) is 11.5 Å². The van der Waals surface area contributed by atoms with Crippen LogP contribution in [-0.2, 0) is 17.8 Å². The molecule has 2 atom stereocenters. The first-order chi connectivity index (χ1) is 15.5. The largest absolute Gasteiger partial charge is 0.497 e. The third-order valence-corrected chi connectivity index (χ3v) is 6.18. The summed E-state index contributed by atoms with van der Waals surface area (Å²) < 4.78 is 16.7. The minimum absolute atomic E-state index is 0.0672. The molecular weight excluding hydrogens is 404 g/mol. The van der Waals surface area contributed by atoms with Crippen molar-refractivity contribution in [2.75, 3.05) is 27.3 Å². The number of rotatable bonds is 8. The van der Waals surface area contributed by atoms with Crippen LogP contribution in [0.2, 0.25) is 0 Å². The Kier molecular flexibility index (Phi) is 7.01. The van der Waals surface area contributed by atoms with E-state index in [1.165, 1.54) is 5.56 Å². The van der Waals surface area contributed by atoms with Gasteiger partial charge in [0.15, 0.2) is 0 Å². The molecule has 172 valence electrons. The molecule has 0 spiro atoms. The molecule has 1 saturated heterocycles. The number of amides is 1. The van der Waals surface area contributed by atoms with Gasteiger partial charge >= 0.3 is 0 Å². The first-order valence-electron chi connectivity index (χ1n) is 11.5. The SMILES string of the molecule is COc1ccc(OC)c(CN(C(=O)c2ccc(CN3CC(C)OC(C)C3)cc2)C2CC2)c1. The fraction of sp³-hybridized carbons (Fsp3) is 0.500. The summed E-state index contributed by atoms with van der Waals surface area (Å²) in [5, 5.41) is 0. The Labute approximate surface area is 191 Å². The first-order valence-corrected chi connectivity index (χ1v) is 11.5. The van der Waals surface area contributed by atoms with Crippen molar-refractivity contribution < 1.29 is 19.0 Å². The summed E-state index contributed by atoms with van der Waals surface area (Å²) in [6, 6.07) is 14.1. The van der Waals surface area contributed by atoms with Crippen LogP contribution >= 0.6 is 0 Å². The fourth-order valence-corrected chi connectivity index (χ4v) is 4.53. The normalized spacial score (nSPS) is 21.2. The predicted octanol–water partition coefficient (Wildman–Crippen LogP) is 4.12. The minimum Gasteiger partial charge on any atom is -0.497 e. The first kappa shape index (κ1) is 22.6. The molecule has 1 heterocycles. The second-order valence-electron chi connectivity index (χ2n) is 8.99. The van der Waals surface area contributed by atoms with Gasteiger partial charge in [-0.15, -0.1) is 0 Å². The Bertz CT molecular complexity index is 916. The summed E-state index contributed by atoms with van der Waals surface area (Å²) in [7, 11) is 3.30. The molecule has 2 aromatic rings. The number of hydrogen-bond acceptors (Lipinski definition) is 5. The minimum atomic E-state index is 0.0672. The van der Waals surface area contributed by atoms with E-state index in [9.17, 15) is 4.79 Å². The van der Waals surface area contributed by atoms with Gasteiger partial charge in [-0.1, -0.05) is 12.1 Å². The summed E-state index contributed by atoms with van der Waals surface area (Å²) >= 11 is 0. The highest BCUT2D eigenvalue weighted by Gasteiger charge is 2.33. The van der Waals surface area contributed by atoms with Crippen molar-refractivity contribution in [2.24, 2.45) is 0 Å². The number of ether oxygens (including phenoxy) is 3. The van der Waals surface area contributed by atoms with Gasteiger partial charge in [-0.05, 0) is 62.6 Å². The van der Waals surface area contributed by atoms with Crippen LogP contribution in [0.25, 0.3) is 0 Å². The molecule has 32 heavy (non-hydrogen) atoms. The molecule has 2 fully saturated rings. The van der Waals surface area contributed by atoms with Crippen molar-refractivity contribution in [1.82, 2.24) is 9.80 Å². The Morgan fingerprint density at radius 3 is 2.31 bits per heavy atom. The van der Waals surface area contributed by atoms with Gasteiger partial charge in [0, 0.05) is 36.8 Å². The average molecular weight is 439 g/mol. The van der Waals surface area contributed by atoms with Crippen molar-refractivity contribution >= 4 is 5.91 Å². The van der Waals surface area contributed by atoms with Crippen molar-refractivity contribution in [2.45, 2.75) is 58.0 Å². The van der Waals surface area contributed by atoms with Crippen molar-refractivity contribution in [3.05, 3.63) is 59.2 Å². The molecule has 0 bridgehead atoms. The van der Waals surface area contributed by atoms with E-state index in [-0.39, 0.29) is 24.2 Å². The van der Waals surface area contributed by atoms with Crippen LogP contribution in [-0.4, -0.2) is 61.3 Å². The topological polar surface area (TPSA) is 51.2 Å². The molecule has 6 nitrogen and oxygen atoms in total. The van der Waals surface area contributed by atoms with Crippen molar-refractivity contribution in [1.29, 1.82) is 0 Å². The van der Waals surface area contributed by atoms with Crippen LogP contribution in [0.4, 0.5) is 0 Å². The molecule has 4 rings (SSSR count). The quantitative estimate of drug-likeness (QED) is 0.621. The molecule has 1 amide bonds. The zero-order valence-electron chi connectivity index (χ0n) is 19.5. The van der Waals surface area contributed by atoms with Crippen LogP contribution < -0.4 is 9.47 Å². The highest BCUT2D eigenvalue weighted by atomic mass is 16.5. The Morgan fingerprint density at radius 1 is 1.03 bits per heavy atom. The second-order valence-corrected chi connectivity index (χ2v) is 8.99. The average Bonchev–Trinajstić information content (AvgIpc) is 3.62. The lowest BCUT2D eigenvalue weighted by Crippen LogP contribution is -2.44. The van der Waals surface area contributed by atoms with Gasteiger partial charge in [0.25, 0.3) is 5.91 Å². The highest BCUT2D eigenvalue weighted by molar-refractivity contribution is 5.94. The zero-order chi connectivity index (χ0) is 22.7. The van der Waals surface area contributed by atoms with E-state index >= 15 is 0 Å². The Morgan fingerprint density at radius 2 is 1.72 bits per heavy atom. The van der Waals surface area contributed by atoms with E-state index in [4.69, 9.17) is 14.2 Å². The van der Waals surface area contributed by atoms with E-state index in [2.05, 4.69) is 30.9 Å². The Balaban J connectivity index is 1.46. The number of hydrogen-bond donors (Lipinski definition) is 0. The van der Waals surface area contributed by atoms with E-state index in [0.29, 0.717) is 6.54 Å². The summed E-state index contributed by atoms with van der Waals surface area (Å²) in [5.74, 6) is 1.60. The second kappa shape index (κ2) is 9.92. The molecule has 6 heteroatoms. The third kappa shape index (κ3) is 5.43. The van der Waals surface area contributed by atoms with E-state index in [1.807, 2.05) is 35.2 Å². The van der Waals surface area contributed by atoms with E-state index < -0.39 is 0 Å². The van der Waals surface area contributed by atoms with Crippen LogP contribution in [0.1, 0.15) is 48.2 Å². The molecule has 2 aliphatic rings. The molecule has 2 unspecified atom stereocenters. The fourth-order valence-electron chi connectivity index (χ4n) is 4.53. The highest BCUT2D eigenvalue weighted by Crippen LogP contribution is 2.33. The van der Waals surface area contributed by atoms with Gasteiger partial charge in [0.2, 0.25) is 0 Å². The zero-order valence-corrected chi connectivity index (χ0v) is 19.5. The molecule has 1 saturated carbocycles. The maximum absolute atomic E-state index is 13.4. The maximum atomic E-state index is 13.4. The van der Waals surface area contributed by atoms with Crippen LogP contribution in [0.5, 0.6) is 11.5 Å². The van der Waals surface area contributed by atoms with Crippen molar-refractivity contribution in [3.63, 3.8) is 0 Å². The number of benzene rings is 2. The van der Waals surface area contributed by atoms with Crippen LogP contribution in [0, 0.1) is 0 Å². The van der Waals surface area contributed by atoms with E-state index in [1.54, 1.807) is 14.2 Å². The van der Waals surface area contributed by atoms with Crippen LogP contribution in [0.3, 0.4) is 0 Å². The lowest BCUT2D eigenvalue weighted by atomic mass is 10.1. The molecule has 0 aromatic heterocycles. The van der Waals surface area contributed by atoms with Gasteiger partial charge in [0.05, 0.1) is 33.0 Å². The number of methoxy groups -OCH3 is 2. The van der Waals surface area contributed by atoms with Crippen molar-refractivity contribution in [3.8, 4) is 11.5 Å². The molecular formula is C26H34N2O4. The smallest absolute Gasteiger partial charge is 0.254 e. The molecule has 2 aromatic carbocycles. The lowest BCUT2D eigenvalue weighted by Gasteiger charge is -2.35. The molecule has 0 N–H and O–H groups in total. The summed E-state index contributed by atoms with van der Waals surface area (Å²) in [5.41, 5.74) is 2.90. The van der Waals surface area contributed by atoms with Gasteiger partial charge < -0.3 is 19.1 Å². The Hall–Kier alpha value is -2.57. The van der Waals surface area contributed by atoms with Crippen LogP contribution in [0.15, 0.2) is 42.5 Å². The van der Waals surface area contributed by atoms with Gasteiger partial charge in [-0.2, -0.15) is 0 Å². The maximum Gasteiger partial charge on any atom is 0.254 e. The molecule has 1 aliphatic heterocycles. The molecule has 0 radical (unpaired) electrons. The number of carbonyl (C=O) groups is 1.